The number of nitrogens with two attached hydrogens (primary N) is 1. The van der Waals surface area contributed by atoms with Crippen molar-refractivity contribution in [3.8, 4) is 11.5 Å². The van der Waals surface area contributed by atoms with E-state index in [2.05, 4.69) is 4.74 Å². The molecule has 0 atom stereocenters. The third-order valence-corrected chi connectivity index (χ3v) is 3.27. The molecule has 7 heteroatoms. The quantitative estimate of drug-likeness (QED) is 0.815. The topological polar surface area (TPSA) is 44.5 Å². The van der Waals surface area contributed by atoms with Gasteiger partial charge in [-0.15, -0.1) is 13.2 Å². The normalized spacial score (nSPS) is 12.1. The van der Waals surface area contributed by atoms with E-state index in [1.54, 1.807) is 0 Å². The number of thiocarbonyl (C=S) groups is 1. The number of ether oxygens (including phenoxy) is 2. The summed E-state index contributed by atoms with van der Waals surface area (Å²) in [5.41, 5.74) is 5.26. The highest BCUT2D eigenvalue weighted by Gasteiger charge is 2.31. The zero-order valence-electron chi connectivity index (χ0n) is 11.2. The van der Waals surface area contributed by atoms with Crippen molar-refractivity contribution in [3.63, 3.8) is 0 Å². The number of benzene rings is 1. The lowest BCUT2D eigenvalue weighted by molar-refractivity contribution is -0.274. The molecule has 0 fully saturated rings. The average molecular weight is 307 g/mol. The van der Waals surface area contributed by atoms with E-state index in [1.807, 2.05) is 13.8 Å². The van der Waals surface area contributed by atoms with Crippen LogP contribution < -0.4 is 15.2 Å². The van der Waals surface area contributed by atoms with Crippen LogP contribution in [0, 0.1) is 5.41 Å². The molecule has 0 spiro atoms. The Morgan fingerprint density at radius 1 is 1.15 bits per heavy atom. The van der Waals surface area contributed by atoms with E-state index in [0.29, 0.717) is 23.8 Å². The molecule has 0 aliphatic rings. The van der Waals surface area contributed by atoms with Crippen LogP contribution in [0.25, 0.3) is 0 Å². The molecule has 0 saturated carbocycles. The van der Waals surface area contributed by atoms with Crippen LogP contribution in [0.15, 0.2) is 24.3 Å². The Morgan fingerprint density at radius 2 is 1.65 bits per heavy atom. The van der Waals surface area contributed by atoms with Gasteiger partial charge in [0.1, 0.15) is 11.5 Å². The SMILES string of the molecule is CC(C)(CCOc1ccc(OC(F)(F)F)cc1)C(N)=S. The van der Waals surface area contributed by atoms with Crippen LogP contribution in [0.5, 0.6) is 11.5 Å². The Labute approximate surface area is 120 Å². The number of hydrogen-bond donors (Lipinski definition) is 1. The molecule has 1 aromatic rings. The summed E-state index contributed by atoms with van der Waals surface area (Å²) in [4.78, 5) is 0.398. The van der Waals surface area contributed by atoms with Crippen molar-refractivity contribution in [1.29, 1.82) is 0 Å². The lowest BCUT2D eigenvalue weighted by Crippen LogP contribution is -2.31. The first-order valence-corrected chi connectivity index (χ1v) is 6.29. The Balaban J connectivity index is 2.48. The summed E-state index contributed by atoms with van der Waals surface area (Å²) >= 11 is 4.93. The smallest absolute Gasteiger partial charge is 0.494 e. The Hall–Kier alpha value is -1.50. The van der Waals surface area contributed by atoms with Crippen molar-refractivity contribution in [2.45, 2.75) is 26.6 Å². The van der Waals surface area contributed by atoms with Crippen molar-refractivity contribution < 1.29 is 22.6 Å². The molecule has 0 bridgehead atoms. The summed E-state index contributed by atoms with van der Waals surface area (Å²) in [5, 5.41) is 0. The maximum absolute atomic E-state index is 12.0. The minimum Gasteiger partial charge on any atom is -0.494 e. The van der Waals surface area contributed by atoms with E-state index in [-0.39, 0.29) is 11.2 Å². The Morgan fingerprint density at radius 3 is 2.10 bits per heavy atom. The van der Waals surface area contributed by atoms with Crippen LogP contribution >= 0.6 is 12.2 Å². The van der Waals surface area contributed by atoms with Gasteiger partial charge < -0.3 is 15.2 Å². The summed E-state index contributed by atoms with van der Waals surface area (Å²) < 4.78 is 45.1. The van der Waals surface area contributed by atoms with Gasteiger partial charge in [-0.3, -0.25) is 0 Å². The fourth-order valence-electron chi connectivity index (χ4n) is 1.28. The van der Waals surface area contributed by atoms with Gasteiger partial charge in [-0.05, 0) is 30.7 Å². The summed E-state index contributed by atoms with van der Waals surface area (Å²) in [5.74, 6) is 0.173. The molecule has 1 aromatic carbocycles. The van der Waals surface area contributed by atoms with Crippen molar-refractivity contribution in [2.75, 3.05) is 6.61 Å². The van der Waals surface area contributed by atoms with Gasteiger partial charge in [0.2, 0.25) is 0 Å². The van der Waals surface area contributed by atoms with Crippen LogP contribution in [-0.2, 0) is 0 Å². The summed E-state index contributed by atoms with van der Waals surface area (Å²) in [6.45, 7) is 4.17. The summed E-state index contributed by atoms with van der Waals surface area (Å²) in [7, 11) is 0. The fraction of sp³-hybridized carbons (Fsp3) is 0.462. The second-order valence-electron chi connectivity index (χ2n) is 4.87. The molecule has 0 aliphatic heterocycles. The van der Waals surface area contributed by atoms with Gasteiger partial charge in [0.15, 0.2) is 0 Å². The average Bonchev–Trinajstić information content (AvgIpc) is 2.29. The summed E-state index contributed by atoms with van der Waals surface area (Å²) in [6.07, 6.45) is -4.08. The van der Waals surface area contributed by atoms with Crippen LogP contribution in [0.1, 0.15) is 20.3 Å². The van der Waals surface area contributed by atoms with Gasteiger partial charge in [0.25, 0.3) is 0 Å². The number of hydrogen-bond acceptors (Lipinski definition) is 3. The van der Waals surface area contributed by atoms with Gasteiger partial charge in [-0.1, -0.05) is 26.1 Å². The van der Waals surface area contributed by atoms with Gasteiger partial charge in [0, 0.05) is 5.41 Å². The molecular weight excluding hydrogens is 291 g/mol. The highest BCUT2D eigenvalue weighted by molar-refractivity contribution is 7.80. The Bertz CT molecular complexity index is 458. The van der Waals surface area contributed by atoms with Gasteiger partial charge >= 0.3 is 6.36 Å². The molecule has 3 nitrogen and oxygen atoms in total. The molecule has 0 aliphatic carbocycles. The van der Waals surface area contributed by atoms with Crippen LogP contribution in [0.4, 0.5) is 13.2 Å². The van der Waals surface area contributed by atoms with E-state index < -0.39 is 6.36 Å². The first kappa shape index (κ1) is 16.6. The van der Waals surface area contributed by atoms with E-state index >= 15 is 0 Å². The standard InChI is InChI=1S/C13H16F3NO2S/c1-12(2,11(17)20)7-8-18-9-3-5-10(6-4-9)19-13(14,15)16/h3-6H,7-8H2,1-2H3,(H2,17,20). The molecule has 0 amide bonds. The van der Waals surface area contributed by atoms with Gasteiger partial charge in [-0.25, -0.2) is 0 Å². The van der Waals surface area contributed by atoms with Crippen molar-refractivity contribution >= 4 is 17.2 Å². The second-order valence-corrected chi connectivity index (χ2v) is 5.31. The largest absolute Gasteiger partial charge is 0.573 e. The number of halogens is 3. The van der Waals surface area contributed by atoms with Gasteiger partial charge in [-0.2, -0.15) is 0 Å². The van der Waals surface area contributed by atoms with Crippen LogP contribution in [-0.4, -0.2) is 18.0 Å². The fourth-order valence-corrected chi connectivity index (χ4v) is 1.39. The summed E-state index contributed by atoms with van der Waals surface area (Å²) in [6, 6.07) is 5.22. The minimum absolute atomic E-state index is 0.284. The predicted molar refractivity (Wildman–Crippen MR) is 73.8 cm³/mol. The van der Waals surface area contributed by atoms with Crippen LogP contribution in [0.3, 0.4) is 0 Å². The van der Waals surface area contributed by atoms with E-state index in [4.69, 9.17) is 22.7 Å². The first-order valence-electron chi connectivity index (χ1n) is 5.89. The van der Waals surface area contributed by atoms with Gasteiger partial charge in [0.05, 0.1) is 11.6 Å². The van der Waals surface area contributed by atoms with E-state index in [0.717, 1.165) is 0 Å². The van der Waals surface area contributed by atoms with Crippen molar-refractivity contribution in [1.82, 2.24) is 0 Å². The maximum atomic E-state index is 12.0. The zero-order chi connectivity index (χ0) is 15.4. The molecular formula is C13H16F3NO2S. The number of alkyl halides is 3. The predicted octanol–water partition coefficient (Wildman–Crippen LogP) is 3.67. The van der Waals surface area contributed by atoms with E-state index in [1.165, 1.54) is 24.3 Å². The lowest BCUT2D eigenvalue weighted by atomic mass is 9.90. The molecule has 20 heavy (non-hydrogen) atoms. The third kappa shape index (κ3) is 5.64. The minimum atomic E-state index is -4.69. The first-order chi connectivity index (χ1) is 9.10. The molecule has 0 saturated heterocycles. The monoisotopic (exact) mass is 307 g/mol. The lowest BCUT2D eigenvalue weighted by Gasteiger charge is -2.22. The van der Waals surface area contributed by atoms with Crippen molar-refractivity contribution in [3.05, 3.63) is 24.3 Å². The Kier molecular flexibility index (Phi) is 5.21. The van der Waals surface area contributed by atoms with Crippen molar-refractivity contribution in [2.24, 2.45) is 11.1 Å². The number of rotatable bonds is 6. The molecule has 112 valence electrons. The molecule has 0 radical (unpaired) electrons. The second kappa shape index (κ2) is 6.30. The molecule has 0 aromatic heterocycles. The van der Waals surface area contributed by atoms with E-state index in [9.17, 15) is 13.2 Å². The third-order valence-electron chi connectivity index (χ3n) is 2.72. The zero-order valence-corrected chi connectivity index (χ0v) is 12.0. The highest BCUT2D eigenvalue weighted by atomic mass is 32.1. The highest BCUT2D eigenvalue weighted by Crippen LogP contribution is 2.25. The molecule has 0 heterocycles. The molecule has 2 N–H and O–H groups in total. The molecule has 1 rings (SSSR count). The maximum Gasteiger partial charge on any atom is 0.573 e. The van der Waals surface area contributed by atoms with Crippen LogP contribution in [0.2, 0.25) is 0 Å². The molecule has 0 unspecified atom stereocenters.